The molecule has 3 rings (SSSR count). The molecule has 6 heteroatoms. The van der Waals surface area contributed by atoms with Gasteiger partial charge in [0.05, 0.1) is 4.88 Å². The maximum Gasteiger partial charge on any atom is 0.364 e. The van der Waals surface area contributed by atoms with Crippen molar-refractivity contribution in [1.82, 2.24) is 19.8 Å². The van der Waals surface area contributed by atoms with Crippen molar-refractivity contribution in [2.75, 3.05) is 0 Å². The molecule has 15 heavy (non-hydrogen) atoms. The van der Waals surface area contributed by atoms with Crippen LogP contribution in [0.15, 0.2) is 34.4 Å². The summed E-state index contributed by atoms with van der Waals surface area (Å²) in [5.74, 6) is 0. The molecule has 3 heterocycles. The summed E-state index contributed by atoms with van der Waals surface area (Å²) in [7, 11) is 0. The standard InChI is InChI=1S/C9H6N4OS/c14-9-11-10-8-4-3-6(12-13(8)9)7-2-1-5-15-7/h1-5H,(H,11,14). The van der Waals surface area contributed by atoms with Crippen molar-refractivity contribution in [3.8, 4) is 10.6 Å². The predicted molar refractivity (Wildman–Crippen MR) is 56.9 cm³/mol. The van der Waals surface area contributed by atoms with Gasteiger partial charge in [-0.25, -0.2) is 9.89 Å². The van der Waals surface area contributed by atoms with Gasteiger partial charge in [0.1, 0.15) is 5.69 Å². The quantitative estimate of drug-likeness (QED) is 0.666. The van der Waals surface area contributed by atoms with E-state index < -0.39 is 0 Å². The SMILES string of the molecule is O=c1[nH]nc2ccc(-c3cccs3)nn12. The second-order valence-electron chi connectivity index (χ2n) is 2.99. The van der Waals surface area contributed by atoms with E-state index in [0.29, 0.717) is 5.65 Å². The van der Waals surface area contributed by atoms with Gasteiger partial charge in [-0.2, -0.15) is 14.7 Å². The van der Waals surface area contributed by atoms with Crippen molar-refractivity contribution in [3.05, 3.63) is 40.1 Å². The maximum atomic E-state index is 11.3. The molecular weight excluding hydrogens is 212 g/mol. The summed E-state index contributed by atoms with van der Waals surface area (Å²) in [6.07, 6.45) is 0. The van der Waals surface area contributed by atoms with Crippen LogP contribution in [0.2, 0.25) is 0 Å². The normalized spacial score (nSPS) is 10.9. The van der Waals surface area contributed by atoms with Crippen LogP contribution in [0.4, 0.5) is 0 Å². The Morgan fingerprint density at radius 2 is 2.27 bits per heavy atom. The largest absolute Gasteiger partial charge is 0.364 e. The molecule has 0 aliphatic carbocycles. The first-order valence-corrected chi connectivity index (χ1v) is 5.21. The minimum atomic E-state index is -0.316. The minimum Gasteiger partial charge on any atom is -0.244 e. The van der Waals surface area contributed by atoms with Crippen molar-refractivity contribution in [1.29, 1.82) is 0 Å². The number of H-pyrrole nitrogens is 1. The molecule has 0 amide bonds. The van der Waals surface area contributed by atoms with Crippen LogP contribution in [-0.2, 0) is 0 Å². The lowest BCUT2D eigenvalue weighted by molar-refractivity contribution is 0.886. The fourth-order valence-electron chi connectivity index (χ4n) is 1.36. The Kier molecular flexibility index (Phi) is 1.69. The monoisotopic (exact) mass is 218 g/mol. The molecule has 3 aromatic rings. The Morgan fingerprint density at radius 1 is 1.33 bits per heavy atom. The average molecular weight is 218 g/mol. The number of nitrogens with one attached hydrogen (secondary N) is 1. The molecule has 74 valence electrons. The van der Waals surface area contributed by atoms with E-state index >= 15 is 0 Å². The van der Waals surface area contributed by atoms with E-state index in [2.05, 4.69) is 15.3 Å². The summed E-state index contributed by atoms with van der Waals surface area (Å²) in [5.41, 5.74) is 0.990. The Morgan fingerprint density at radius 3 is 3.07 bits per heavy atom. The smallest absolute Gasteiger partial charge is 0.244 e. The molecule has 1 N–H and O–H groups in total. The van der Waals surface area contributed by atoms with Crippen LogP contribution in [0.25, 0.3) is 16.2 Å². The third-order valence-corrected chi connectivity index (χ3v) is 2.94. The number of aromatic nitrogens is 4. The van der Waals surface area contributed by atoms with Crippen LogP contribution >= 0.6 is 11.3 Å². The van der Waals surface area contributed by atoms with E-state index in [-0.39, 0.29) is 5.69 Å². The van der Waals surface area contributed by atoms with Gasteiger partial charge in [0, 0.05) is 0 Å². The van der Waals surface area contributed by atoms with E-state index in [9.17, 15) is 4.79 Å². The first kappa shape index (κ1) is 8.37. The van der Waals surface area contributed by atoms with Gasteiger partial charge in [-0.05, 0) is 23.6 Å². The Labute approximate surface area is 88.0 Å². The second kappa shape index (κ2) is 3.03. The molecule has 3 aromatic heterocycles. The number of aromatic amines is 1. The van der Waals surface area contributed by atoms with Gasteiger partial charge in [-0.1, -0.05) is 6.07 Å². The summed E-state index contributed by atoms with van der Waals surface area (Å²) in [4.78, 5) is 12.3. The molecule has 0 aliphatic rings. The van der Waals surface area contributed by atoms with E-state index in [1.165, 1.54) is 4.52 Å². The molecule has 5 nitrogen and oxygen atoms in total. The van der Waals surface area contributed by atoms with Gasteiger partial charge in [0.2, 0.25) is 0 Å². The molecular formula is C9H6N4OS. The molecule has 0 aliphatic heterocycles. The highest BCUT2D eigenvalue weighted by Crippen LogP contribution is 2.21. The van der Waals surface area contributed by atoms with Crippen LogP contribution in [0.3, 0.4) is 0 Å². The lowest BCUT2D eigenvalue weighted by Gasteiger charge is -1.95. The number of fused-ring (bicyclic) bond motifs is 1. The highest BCUT2D eigenvalue weighted by Gasteiger charge is 2.04. The summed E-state index contributed by atoms with van der Waals surface area (Å²) >= 11 is 1.58. The molecule has 0 bridgehead atoms. The van der Waals surface area contributed by atoms with Crippen LogP contribution < -0.4 is 5.69 Å². The van der Waals surface area contributed by atoms with Crippen molar-refractivity contribution in [2.45, 2.75) is 0 Å². The maximum absolute atomic E-state index is 11.3. The van der Waals surface area contributed by atoms with Gasteiger partial charge in [0.15, 0.2) is 5.65 Å². The van der Waals surface area contributed by atoms with E-state index in [1.807, 2.05) is 23.6 Å². The number of rotatable bonds is 1. The molecule has 0 spiro atoms. The summed E-state index contributed by atoms with van der Waals surface area (Å²) in [6, 6.07) is 7.52. The predicted octanol–water partition coefficient (Wildman–Crippen LogP) is 1.15. The first-order chi connectivity index (χ1) is 7.34. The second-order valence-corrected chi connectivity index (χ2v) is 3.94. The highest BCUT2D eigenvalue weighted by molar-refractivity contribution is 7.13. The molecule has 0 fully saturated rings. The Hall–Kier alpha value is -1.95. The fourth-order valence-corrected chi connectivity index (χ4v) is 2.05. The molecule has 0 atom stereocenters. The molecule has 0 unspecified atom stereocenters. The third-order valence-electron chi connectivity index (χ3n) is 2.05. The number of thiophene rings is 1. The molecule has 0 saturated carbocycles. The zero-order valence-electron chi connectivity index (χ0n) is 7.54. The van der Waals surface area contributed by atoms with Gasteiger partial charge in [0.25, 0.3) is 0 Å². The van der Waals surface area contributed by atoms with Gasteiger partial charge in [-0.15, -0.1) is 11.3 Å². The summed E-state index contributed by atoms with van der Waals surface area (Å²) in [6.45, 7) is 0. The number of hydrogen-bond donors (Lipinski definition) is 1. The van der Waals surface area contributed by atoms with Crippen LogP contribution in [0, 0.1) is 0 Å². The minimum absolute atomic E-state index is 0.316. The van der Waals surface area contributed by atoms with E-state index in [0.717, 1.165) is 10.6 Å². The number of nitrogens with zero attached hydrogens (tertiary/aromatic N) is 3. The lowest BCUT2D eigenvalue weighted by atomic mass is 10.3. The van der Waals surface area contributed by atoms with E-state index in [4.69, 9.17) is 0 Å². The van der Waals surface area contributed by atoms with Crippen molar-refractivity contribution in [2.24, 2.45) is 0 Å². The zero-order valence-corrected chi connectivity index (χ0v) is 8.36. The fraction of sp³-hybridized carbons (Fsp3) is 0. The van der Waals surface area contributed by atoms with Crippen molar-refractivity contribution >= 4 is 17.0 Å². The Balaban J connectivity index is 2.30. The van der Waals surface area contributed by atoms with Crippen LogP contribution in [-0.4, -0.2) is 19.8 Å². The average Bonchev–Trinajstić information content (AvgIpc) is 2.88. The number of hydrogen-bond acceptors (Lipinski definition) is 4. The van der Waals surface area contributed by atoms with Gasteiger partial charge in [-0.3, -0.25) is 0 Å². The van der Waals surface area contributed by atoms with Gasteiger partial charge < -0.3 is 0 Å². The lowest BCUT2D eigenvalue weighted by Crippen LogP contribution is -2.12. The molecule has 0 saturated heterocycles. The van der Waals surface area contributed by atoms with Crippen molar-refractivity contribution in [3.63, 3.8) is 0 Å². The van der Waals surface area contributed by atoms with Crippen LogP contribution in [0.1, 0.15) is 0 Å². The van der Waals surface area contributed by atoms with Crippen LogP contribution in [0.5, 0.6) is 0 Å². The zero-order chi connectivity index (χ0) is 10.3. The summed E-state index contributed by atoms with van der Waals surface area (Å²) < 4.78 is 1.26. The first-order valence-electron chi connectivity index (χ1n) is 4.33. The third kappa shape index (κ3) is 1.26. The molecule has 0 radical (unpaired) electrons. The summed E-state index contributed by atoms with van der Waals surface area (Å²) in [5, 5.41) is 12.3. The highest BCUT2D eigenvalue weighted by atomic mass is 32.1. The topological polar surface area (TPSA) is 63.0 Å². The Bertz CT molecular complexity index is 652. The molecule has 0 aromatic carbocycles. The van der Waals surface area contributed by atoms with Crippen molar-refractivity contribution < 1.29 is 0 Å². The van der Waals surface area contributed by atoms with E-state index in [1.54, 1.807) is 17.4 Å². The van der Waals surface area contributed by atoms with Gasteiger partial charge >= 0.3 is 5.69 Å².